The van der Waals surface area contributed by atoms with E-state index in [9.17, 15) is 9.90 Å². The summed E-state index contributed by atoms with van der Waals surface area (Å²) in [5, 5.41) is 13.2. The first-order valence-corrected chi connectivity index (χ1v) is 7.18. The molecule has 2 N–H and O–H groups in total. The zero-order valence-corrected chi connectivity index (χ0v) is 11.5. The highest BCUT2D eigenvalue weighted by atomic mass is 35.5. The molecule has 0 aliphatic heterocycles. The first kappa shape index (κ1) is 12.9. The van der Waals surface area contributed by atoms with E-state index >= 15 is 0 Å². The van der Waals surface area contributed by atoms with E-state index in [1.54, 1.807) is 0 Å². The summed E-state index contributed by atoms with van der Waals surface area (Å²) >= 11 is 5.89. The fraction of sp³-hybridized carbons (Fsp3) is 0.533. The average molecular weight is 280 g/mol. The number of carbonyl (C=O) groups is 1. The van der Waals surface area contributed by atoms with E-state index in [1.807, 2.05) is 24.3 Å². The van der Waals surface area contributed by atoms with Gasteiger partial charge in [-0.25, -0.2) is 0 Å². The van der Waals surface area contributed by atoms with E-state index in [0.29, 0.717) is 5.02 Å². The molecule has 2 saturated carbocycles. The molecule has 0 aromatic heterocycles. The van der Waals surface area contributed by atoms with Gasteiger partial charge >= 0.3 is 0 Å². The molecule has 0 bridgehead atoms. The Bertz CT molecular complexity index is 484. The molecule has 0 saturated heterocycles. The van der Waals surface area contributed by atoms with Gasteiger partial charge in [-0.3, -0.25) is 4.79 Å². The summed E-state index contributed by atoms with van der Waals surface area (Å²) in [6.45, 7) is 0.0371. The van der Waals surface area contributed by atoms with Crippen molar-refractivity contribution >= 4 is 17.5 Å². The van der Waals surface area contributed by atoms with Crippen LogP contribution in [0, 0.1) is 0 Å². The van der Waals surface area contributed by atoms with Gasteiger partial charge in [-0.2, -0.15) is 0 Å². The highest BCUT2D eigenvalue weighted by Gasteiger charge is 2.53. The first-order valence-electron chi connectivity index (χ1n) is 6.80. The number of benzene rings is 1. The molecule has 0 radical (unpaired) electrons. The number of hydrogen-bond acceptors (Lipinski definition) is 2. The number of carbonyl (C=O) groups excluding carboxylic acids is 1. The van der Waals surface area contributed by atoms with E-state index in [0.717, 1.165) is 37.7 Å². The molecule has 1 amide bonds. The summed E-state index contributed by atoms with van der Waals surface area (Å²) in [6, 6.07) is 7.52. The van der Waals surface area contributed by atoms with Crippen molar-refractivity contribution in [1.82, 2.24) is 5.32 Å². The smallest absolute Gasteiger partial charge is 0.231 e. The Morgan fingerprint density at radius 3 is 2.26 bits per heavy atom. The van der Waals surface area contributed by atoms with Gasteiger partial charge in [-0.05, 0) is 49.8 Å². The van der Waals surface area contributed by atoms with Gasteiger partial charge in [0.05, 0.1) is 17.6 Å². The summed E-state index contributed by atoms with van der Waals surface area (Å²) in [7, 11) is 0. The monoisotopic (exact) mass is 279 g/mol. The molecule has 19 heavy (non-hydrogen) atoms. The third-order valence-electron chi connectivity index (χ3n) is 4.57. The van der Waals surface area contributed by atoms with Crippen LogP contribution in [0.1, 0.15) is 37.7 Å². The standard InChI is InChI=1S/C15H18ClNO2/c16-12-4-2-11(3-5-12)15(8-9-15)13(19)17-14(10-18)6-1-7-14/h2-5,18H,1,6-10H2,(H,17,19). The third-order valence-corrected chi connectivity index (χ3v) is 4.83. The zero-order chi connectivity index (χ0) is 13.5. The van der Waals surface area contributed by atoms with Crippen molar-refractivity contribution in [2.75, 3.05) is 6.61 Å². The van der Waals surface area contributed by atoms with Gasteiger partial charge in [-0.15, -0.1) is 0 Å². The molecule has 2 fully saturated rings. The number of hydrogen-bond donors (Lipinski definition) is 2. The summed E-state index contributed by atoms with van der Waals surface area (Å²) in [6.07, 6.45) is 4.59. The van der Waals surface area contributed by atoms with Crippen molar-refractivity contribution in [3.05, 3.63) is 34.9 Å². The fourth-order valence-corrected chi connectivity index (χ4v) is 2.95. The molecule has 3 rings (SSSR count). The second-order valence-corrected chi connectivity index (χ2v) is 6.27. The molecule has 2 aliphatic rings. The second-order valence-electron chi connectivity index (χ2n) is 5.84. The maximum absolute atomic E-state index is 12.5. The summed E-state index contributed by atoms with van der Waals surface area (Å²) in [4.78, 5) is 12.5. The number of amides is 1. The Kier molecular flexibility index (Phi) is 3.06. The van der Waals surface area contributed by atoms with Crippen LogP contribution >= 0.6 is 11.6 Å². The molecule has 1 aromatic carbocycles. The van der Waals surface area contributed by atoms with E-state index in [-0.39, 0.29) is 23.5 Å². The first-order chi connectivity index (χ1) is 9.10. The minimum atomic E-state index is -0.387. The molecule has 3 nitrogen and oxygen atoms in total. The largest absolute Gasteiger partial charge is 0.394 e. The van der Waals surface area contributed by atoms with Crippen molar-refractivity contribution in [2.45, 2.75) is 43.1 Å². The highest BCUT2D eigenvalue weighted by molar-refractivity contribution is 6.30. The van der Waals surface area contributed by atoms with Crippen LogP contribution < -0.4 is 5.32 Å². The van der Waals surface area contributed by atoms with E-state index < -0.39 is 0 Å². The Hall–Kier alpha value is -1.06. The predicted octanol–water partition coefficient (Wildman–Crippen LogP) is 2.40. The lowest BCUT2D eigenvalue weighted by Crippen LogP contribution is -2.58. The molecule has 4 heteroatoms. The topological polar surface area (TPSA) is 49.3 Å². The maximum Gasteiger partial charge on any atom is 0.231 e. The quantitative estimate of drug-likeness (QED) is 0.889. The van der Waals surface area contributed by atoms with Gasteiger partial charge in [0.25, 0.3) is 0 Å². The van der Waals surface area contributed by atoms with Crippen LogP contribution in [0.4, 0.5) is 0 Å². The Morgan fingerprint density at radius 1 is 1.21 bits per heavy atom. The van der Waals surface area contributed by atoms with Crippen molar-refractivity contribution in [3.8, 4) is 0 Å². The number of halogens is 1. The van der Waals surface area contributed by atoms with Gasteiger partial charge in [0.1, 0.15) is 0 Å². The van der Waals surface area contributed by atoms with Gasteiger partial charge in [-0.1, -0.05) is 23.7 Å². The minimum absolute atomic E-state index is 0.0371. The average Bonchev–Trinajstić information content (AvgIpc) is 3.16. The van der Waals surface area contributed by atoms with Gasteiger partial charge < -0.3 is 10.4 Å². The maximum atomic E-state index is 12.5. The molecular formula is C15H18ClNO2. The molecule has 0 spiro atoms. The number of aliphatic hydroxyl groups is 1. The van der Waals surface area contributed by atoms with Crippen LogP contribution in [0.15, 0.2) is 24.3 Å². The van der Waals surface area contributed by atoms with Crippen LogP contribution in [0.3, 0.4) is 0 Å². The Morgan fingerprint density at radius 2 is 1.84 bits per heavy atom. The van der Waals surface area contributed by atoms with Crippen LogP contribution in [-0.2, 0) is 10.2 Å². The van der Waals surface area contributed by atoms with Crippen molar-refractivity contribution in [3.63, 3.8) is 0 Å². The molecule has 0 heterocycles. The zero-order valence-electron chi connectivity index (χ0n) is 10.8. The van der Waals surface area contributed by atoms with Gasteiger partial charge in [0.2, 0.25) is 5.91 Å². The molecule has 1 aromatic rings. The van der Waals surface area contributed by atoms with Gasteiger partial charge in [0, 0.05) is 5.02 Å². The molecule has 102 valence electrons. The summed E-state index contributed by atoms with van der Waals surface area (Å²) < 4.78 is 0. The molecule has 0 unspecified atom stereocenters. The van der Waals surface area contributed by atoms with Gasteiger partial charge in [0.15, 0.2) is 0 Å². The number of nitrogens with one attached hydrogen (secondary N) is 1. The summed E-state index contributed by atoms with van der Waals surface area (Å²) in [5.41, 5.74) is 0.281. The Labute approximate surface area is 118 Å². The molecule has 0 atom stereocenters. The van der Waals surface area contributed by atoms with Crippen molar-refractivity contribution in [1.29, 1.82) is 0 Å². The lowest BCUT2D eigenvalue weighted by molar-refractivity contribution is -0.127. The molecular weight excluding hydrogens is 262 g/mol. The van der Waals surface area contributed by atoms with Crippen LogP contribution in [0.5, 0.6) is 0 Å². The highest BCUT2D eigenvalue weighted by Crippen LogP contribution is 2.49. The Balaban J connectivity index is 1.77. The normalized spacial score (nSPS) is 22.4. The SMILES string of the molecule is O=C(NC1(CO)CCC1)C1(c2ccc(Cl)cc2)CC1. The van der Waals surface area contributed by atoms with Crippen molar-refractivity contribution in [2.24, 2.45) is 0 Å². The third kappa shape index (κ3) is 2.15. The minimum Gasteiger partial charge on any atom is -0.394 e. The van der Waals surface area contributed by atoms with Crippen LogP contribution in [-0.4, -0.2) is 23.2 Å². The fourth-order valence-electron chi connectivity index (χ4n) is 2.83. The summed E-state index contributed by atoms with van der Waals surface area (Å²) in [5.74, 6) is 0.0589. The van der Waals surface area contributed by atoms with Crippen LogP contribution in [0.2, 0.25) is 5.02 Å². The van der Waals surface area contributed by atoms with Crippen molar-refractivity contribution < 1.29 is 9.90 Å². The van der Waals surface area contributed by atoms with E-state index in [4.69, 9.17) is 11.6 Å². The predicted molar refractivity (Wildman–Crippen MR) is 74.2 cm³/mol. The lowest BCUT2D eigenvalue weighted by Gasteiger charge is -2.42. The van der Waals surface area contributed by atoms with E-state index in [1.165, 1.54) is 0 Å². The van der Waals surface area contributed by atoms with E-state index in [2.05, 4.69) is 5.32 Å². The van der Waals surface area contributed by atoms with Crippen LogP contribution in [0.25, 0.3) is 0 Å². The second kappa shape index (κ2) is 4.50. The lowest BCUT2D eigenvalue weighted by atomic mass is 9.76. The number of rotatable bonds is 4. The molecule has 2 aliphatic carbocycles. The number of aliphatic hydroxyl groups excluding tert-OH is 1.